The molecule has 2 heterocycles. The summed E-state index contributed by atoms with van der Waals surface area (Å²) in [7, 11) is 0. The summed E-state index contributed by atoms with van der Waals surface area (Å²) in [6.45, 7) is 9.31. The second-order valence-electron chi connectivity index (χ2n) is 17.8. The van der Waals surface area contributed by atoms with Gasteiger partial charge < -0.3 is 4.42 Å². The van der Waals surface area contributed by atoms with E-state index in [-0.39, 0.29) is 10.8 Å². The number of aromatic nitrogens is 2. The molecule has 0 N–H and O–H groups in total. The topological polar surface area (TPSA) is 38.9 Å². The van der Waals surface area contributed by atoms with Crippen LogP contribution >= 0.6 is 0 Å². The van der Waals surface area contributed by atoms with Gasteiger partial charge in [0.15, 0.2) is 5.58 Å². The van der Waals surface area contributed by atoms with Crippen molar-refractivity contribution in [3.63, 3.8) is 0 Å². The highest BCUT2D eigenvalue weighted by molar-refractivity contribution is 6.12. The molecule has 10 aromatic rings. The van der Waals surface area contributed by atoms with Gasteiger partial charge in [-0.15, -0.1) is 0 Å². The van der Waals surface area contributed by atoms with E-state index in [1.54, 1.807) is 6.33 Å². The summed E-state index contributed by atoms with van der Waals surface area (Å²) in [5, 5.41) is 0.966. The van der Waals surface area contributed by atoms with E-state index in [0.29, 0.717) is 5.58 Å². The van der Waals surface area contributed by atoms with Gasteiger partial charge in [0.2, 0.25) is 0 Å². The van der Waals surface area contributed by atoms with E-state index >= 15 is 0 Å². The molecule has 0 fully saturated rings. The van der Waals surface area contributed by atoms with Gasteiger partial charge >= 0.3 is 0 Å². The van der Waals surface area contributed by atoms with E-state index in [1.807, 2.05) is 0 Å². The van der Waals surface area contributed by atoms with Crippen molar-refractivity contribution in [3.05, 3.63) is 205 Å². The van der Waals surface area contributed by atoms with E-state index < -0.39 is 0 Å². The van der Waals surface area contributed by atoms with Gasteiger partial charge in [-0.3, -0.25) is 0 Å². The van der Waals surface area contributed by atoms with Gasteiger partial charge in [0.1, 0.15) is 23.1 Å². The first kappa shape index (κ1) is 35.6. The van der Waals surface area contributed by atoms with Crippen molar-refractivity contribution in [1.29, 1.82) is 0 Å². The zero-order chi connectivity index (χ0) is 41.0. The molecule has 2 aliphatic rings. The Morgan fingerprint density at radius 3 is 1.44 bits per heavy atom. The number of rotatable bonds is 5. The zero-order valence-electron chi connectivity index (χ0n) is 34.6. The van der Waals surface area contributed by atoms with Crippen LogP contribution in [0.3, 0.4) is 0 Å². The molecular weight excluding hydrogens is 741 g/mol. The molecule has 3 heteroatoms. The molecule has 0 amide bonds. The van der Waals surface area contributed by atoms with Crippen LogP contribution in [0.15, 0.2) is 187 Å². The number of furan rings is 1. The van der Waals surface area contributed by atoms with Crippen LogP contribution in [0.4, 0.5) is 0 Å². The summed E-state index contributed by atoms with van der Waals surface area (Å²) in [4.78, 5) is 9.79. The largest absolute Gasteiger partial charge is 0.451 e. The summed E-state index contributed by atoms with van der Waals surface area (Å²) in [5.74, 6) is 0. The molecule has 0 spiro atoms. The van der Waals surface area contributed by atoms with E-state index in [2.05, 4.69) is 204 Å². The van der Waals surface area contributed by atoms with Crippen molar-refractivity contribution in [2.24, 2.45) is 0 Å². The predicted octanol–water partition coefficient (Wildman–Crippen LogP) is 15.3. The molecule has 0 saturated carbocycles. The molecular formula is C58H42N2O. The van der Waals surface area contributed by atoms with Crippen molar-refractivity contribution in [2.75, 3.05) is 0 Å². The lowest BCUT2D eigenvalue weighted by molar-refractivity contribution is 0.660. The molecule has 61 heavy (non-hydrogen) atoms. The smallest absolute Gasteiger partial charge is 0.180 e. The first-order chi connectivity index (χ1) is 29.7. The highest BCUT2D eigenvalue weighted by Crippen LogP contribution is 2.51. The average molecular weight is 783 g/mol. The van der Waals surface area contributed by atoms with Crippen LogP contribution in [0.5, 0.6) is 0 Å². The van der Waals surface area contributed by atoms with Crippen molar-refractivity contribution >= 4 is 22.1 Å². The first-order valence-corrected chi connectivity index (χ1v) is 21.2. The van der Waals surface area contributed by atoms with Crippen LogP contribution in [-0.2, 0) is 10.8 Å². The Morgan fingerprint density at radius 1 is 0.344 bits per heavy atom. The van der Waals surface area contributed by atoms with E-state index in [0.717, 1.165) is 55.6 Å². The molecule has 0 unspecified atom stereocenters. The molecule has 2 aromatic heterocycles. The Balaban J connectivity index is 0.976. The van der Waals surface area contributed by atoms with Gasteiger partial charge in [-0.1, -0.05) is 167 Å². The standard InChI is InChI=1S/C58H42N2O/c1-57(2)49-22-10-8-20-43(49)46-30-39(24-26-51(46)57)36-16-12-18-38(28-36)42-32-45(35-14-6-5-7-15-35)55-48(33-42)54-56(61-55)53(59-34-60-54)41-19-13-17-37(29-41)40-25-27-52-47(31-40)44-21-9-11-23-50(44)58(52,3)4/h5-34H,1-4H3. The summed E-state index contributed by atoms with van der Waals surface area (Å²) < 4.78 is 6.94. The SMILES string of the molecule is CC1(C)c2ccccc2-c2cc(-c3cccc(-c4cc(-c5ccccc5)c5oc6c(-c7cccc(-c8ccc9c(c8)-c8ccccc8C9(C)C)c7)ncnc6c5c4)c3)ccc21. The summed E-state index contributed by atoms with van der Waals surface area (Å²) in [6, 6.07) is 64.2. The minimum Gasteiger partial charge on any atom is -0.451 e. The summed E-state index contributed by atoms with van der Waals surface area (Å²) >= 11 is 0. The number of fused-ring (bicyclic) bond motifs is 9. The van der Waals surface area contributed by atoms with Crippen molar-refractivity contribution in [3.8, 4) is 78.0 Å². The van der Waals surface area contributed by atoms with Crippen LogP contribution in [0, 0.1) is 0 Å². The molecule has 2 aliphatic carbocycles. The Hall–Kier alpha value is -7.36. The Morgan fingerprint density at radius 2 is 0.820 bits per heavy atom. The maximum Gasteiger partial charge on any atom is 0.180 e. The monoisotopic (exact) mass is 782 g/mol. The normalized spacial score (nSPS) is 14.2. The first-order valence-electron chi connectivity index (χ1n) is 21.2. The Labute approximate surface area is 356 Å². The van der Waals surface area contributed by atoms with E-state index in [4.69, 9.17) is 14.4 Å². The van der Waals surface area contributed by atoms with Crippen molar-refractivity contribution in [1.82, 2.24) is 9.97 Å². The Kier molecular flexibility index (Phi) is 7.62. The third kappa shape index (κ3) is 5.36. The fourth-order valence-electron chi connectivity index (χ4n) is 10.4. The average Bonchev–Trinajstić information content (AvgIpc) is 3.88. The molecule has 0 atom stereocenters. The maximum atomic E-state index is 6.94. The Bertz CT molecular complexity index is 3420. The van der Waals surface area contributed by atoms with Gasteiger partial charge in [0.05, 0.1) is 0 Å². The van der Waals surface area contributed by atoms with Gasteiger partial charge in [-0.25, -0.2) is 9.97 Å². The third-order valence-electron chi connectivity index (χ3n) is 13.6. The quantitative estimate of drug-likeness (QED) is 0.175. The van der Waals surface area contributed by atoms with Crippen LogP contribution < -0.4 is 0 Å². The molecule has 12 rings (SSSR count). The number of benzene rings is 8. The zero-order valence-corrected chi connectivity index (χ0v) is 34.6. The minimum atomic E-state index is -0.0332. The second-order valence-corrected chi connectivity index (χ2v) is 17.8. The molecule has 0 radical (unpaired) electrons. The van der Waals surface area contributed by atoms with Crippen LogP contribution in [0.25, 0.3) is 100 Å². The highest BCUT2D eigenvalue weighted by atomic mass is 16.3. The molecule has 3 nitrogen and oxygen atoms in total. The molecule has 8 aromatic carbocycles. The van der Waals surface area contributed by atoms with Crippen molar-refractivity contribution in [2.45, 2.75) is 38.5 Å². The molecule has 0 saturated heterocycles. The maximum absolute atomic E-state index is 6.94. The van der Waals surface area contributed by atoms with E-state index in [1.165, 1.54) is 61.2 Å². The van der Waals surface area contributed by atoms with Crippen molar-refractivity contribution < 1.29 is 4.42 Å². The number of hydrogen-bond acceptors (Lipinski definition) is 3. The van der Waals surface area contributed by atoms with Gasteiger partial charge in [-0.2, -0.15) is 0 Å². The van der Waals surface area contributed by atoms with E-state index in [9.17, 15) is 0 Å². The predicted molar refractivity (Wildman–Crippen MR) is 252 cm³/mol. The second kappa shape index (κ2) is 13.1. The minimum absolute atomic E-state index is 0.0256. The molecule has 0 aliphatic heterocycles. The number of hydrogen-bond donors (Lipinski definition) is 0. The van der Waals surface area contributed by atoms with Crippen LogP contribution in [0.1, 0.15) is 49.9 Å². The fourth-order valence-corrected chi connectivity index (χ4v) is 10.4. The lowest BCUT2D eigenvalue weighted by atomic mass is 9.82. The molecule has 0 bridgehead atoms. The third-order valence-corrected chi connectivity index (χ3v) is 13.6. The summed E-state index contributed by atoms with van der Waals surface area (Å²) in [5.41, 5.74) is 23.8. The van der Waals surface area contributed by atoms with Gasteiger partial charge in [0, 0.05) is 27.3 Å². The fraction of sp³-hybridized carbons (Fsp3) is 0.103. The van der Waals surface area contributed by atoms with Gasteiger partial charge in [0.25, 0.3) is 0 Å². The highest BCUT2D eigenvalue weighted by Gasteiger charge is 2.36. The van der Waals surface area contributed by atoms with Crippen LogP contribution in [0.2, 0.25) is 0 Å². The lowest BCUT2D eigenvalue weighted by Gasteiger charge is -2.21. The number of nitrogens with zero attached hydrogens (tertiary/aromatic N) is 2. The molecule has 290 valence electrons. The van der Waals surface area contributed by atoms with Crippen LogP contribution in [-0.4, -0.2) is 9.97 Å². The summed E-state index contributed by atoms with van der Waals surface area (Å²) in [6.07, 6.45) is 1.68. The lowest BCUT2D eigenvalue weighted by Crippen LogP contribution is -2.14. The van der Waals surface area contributed by atoms with Gasteiger partial charge in [-0.05, 0) is 120 Å².